The van der Waals surface area contributed by atoms with E-state index in [1.54, 1.807) is 17.4 Å². The van der Waals surface area contributed by atoms with Crippen LogP contribution in [-0.2, 0) is 6.54 Å². The van der Waals surface area contributed by atoms with E-state index < -0.39 is 0 Å². The van der Waals surface area contributed by atoms with Crippen molar-refractivity contribution in [1.82, 2.24) is 14.2 Å². The lowest BCUT2D eigenvalue weighted by Crippen LogP contribution is -2.02. The van der Waals surface area contributed by atoms with E-state index in [1.807, 2.05) is 53.9 Å². The van der Waals surface area contributed by atoms with Gasteiger partial charge in [-0.2, -0.15) is 5.10 Å². The first-order chi connectivity index (χ1) is 12.6. The molecule has 0 unspecified atom stereocenters. The minimum absolute atomic E-state index is 0.0309. The van der Waals surface area contributed by atoms with Gasteiger partial charge >= 0.3 is 0 Å². The average Bonchev–Trinajstić information content (AvgIpc) is 3.28. The number of rotatable bonds is 5. The van der Waals surface area contributed by atoms with Gasteiger partial charge in [-0.3, -0.25) is 4.79 Å². The molecule has 0 atom stereocenters. The normalized spacial score (nSPS) is 11.8. The fourth-order valence-electron chi connectivity index (χ4n) is 3.30. The molecule has 0 aliphatic carbocycles. The van der Waals surface area contributed by atoms with Gasteiger partial charge in [0.05, 0.1) is 22.3 Å². The van der Waals surface area contributed by atoms with Gasteiger partial charge in [0.2, 0.25) is 0 Å². The molecule has 0 radical (unpaired) electrons. The number of thiophene rings is 1. The molecule has 0 saturated heterocycles. The molecule has 4 nitrogen and oxygen atoms in total. The van der Waals surface area contributed by atoms with Gasteiger partial charge < -0.3 is 4.57 Å². The molecule has 0 aliphatic rings. The van der Waals surface area contributed by atoms with Crippen molar-refractivity contribution in [3.8, 4) is 0 Å². The standard InChI is InChI=1S/C21H19N3OS/c1-4-13-23-17-7-5-6-8-18(17)24-21(23)20(15(3)22-24)19(25)12-11-16-10-9-14(2)26-16/h4-12H,1,13H2,2-3H3. The van der Waals surface area contributed by atoms with Crippen molar-refractivity contribution in [3.05, 3.63) is 76.1 Å². The quantitative estimate of drug-likeness (QED) is 0.283. The Balaban J connectivity index is 1.89. The van der Waals surface area contributed by atoms with Crippen molar-refractivity contribution in [2.75, 3.05) is 0 Å². The summed E-state index contributed by atoms with van der Waals surface area (Å²) < 4.78 is 3.96. The van der Waals surface area contributed by atoms with E-state index in [9.17, 15) is 4.79 Å². The molecule has 0 saturated carbocycles. The third-order valence-electron chi connectivity index (χ3n) is 4.41. The number of carbonyl (C=O) groups excluding carboxylic acids is 1. The highest BCUT2D eigenvalue weighted by Crippen LogP contribution is 2.26. The zero-order chi connectivity index (χ0) is 18.3. The Bertz CT molecular complexity index is 1170. The van der Waals surface area contributed by atoms with Crippen LogP contribution in [0.3, 0.4) is 0 Å². The maximum Gasteiger partial charge on any atom is 0.191 e. The number of nitrogens with zero attached hydrogens (tertiary/aromatic N) is 3. The van der Waals surface area contributed by atoms with Gasteiger partial charge in [-0.05, 0) is 50.3 Å². The van der Waals surface area contributed by atoms with E-state index in [0.29, 0.717) is 12.1 Å². The molecule has 0 fully saturated rings. The molecule has 0 bridgehead atoms. The third-order valence-corrected chi connectivity index (χ3v) is 5.38. The molecule has 3 heterocycles. The molecule has 5 heteroatoms. The van der Waals surface area contributed by atoms with E-state index in [4.69, 9.17) is 0 Å². The van der Waals surface area contributed by atoms with Crippen molar-refractivity contribution in [2.24, 2.45) is 0 Å². The molecule has 0 N–H and O–H groups in total. The largest absolute Gasteiger partial charge is 0.320 e. The molecule has 0 spiro atoms. The number of aromatic nitrogens is 3. The van der Waals surface area contributed by atoms with Crippen LogP contribution in [0.15, 0.2) is 55.1 Å². The minimum Gasteiger partial charge on any atom is -0.320 e. The van der Waals surface area contributed by atoms with Crippen LogP contribution in [0.4, 0.5) is 0 Å². The Hall–Kier alpha value is -2.92. The summed E-state index contributed by atoms with van der Waals surface area (Å²) in [6.07, 6.45) is 5.36. The highest BCUT2D eigenvalue weighted by molar-refractivity contribution is 7.12. The Morgan fingerprint density at radius 3 is 2.65 bits per heavy atom. The number of hydrogen-bond acceptors (Lipinski definition) is 3. The minimum atomic E-state index is -0.0309. The van der Waals surface area contributed by atoms with Crippen molar-refractivity contribution in [3.63, 3.8) is 0 Å². The monoisotopic (exact) mass is 361 g/mol. The van der Waals surface area contributed by atoms with Gasteiger partial charge in [0.25, 0.3) is 0 Å². The predicted molar refractivity (Wildman–Crippen MR) is 108 cm³/mol. The fourth-order valence-corrected chi connectivity index (χ4v) is 4.08. The second kappa shape index (κ2) is 6.42. The number of fused-ring (bicyclic) bond motifs is 3. The first kappa shape index (κ1) is 16.5. The van der Waals surface area contributed by atoms with Crippen molar-refractivity contribution >= 4 is 39.9 Å². The smallest absolute Gasteiger partial charge is 0.191 e. The molecule has 0 aliphatic heterocycles. The number of benzene rings is 1. The topological polar surface area (TPSA) is 39.3 Å². The zero-order valence-electron chi connectivity index (χ0n) is 14.8. The number of imidazole rings is 1. The van der Waals surface area contributed by atoms with E-state index in [1.165, 1.54) is 4.88 Å². The van der Waals surface area contributed by atoms with Crippen LogP contribution >= 0.6 is 11.3 Å². The fraction of sp³-hybridized carbons (Fsp3) is 0.143. The number of para-hydroxylation sites is 2. The number of allylic oxidation sites excluding steroid dienone is 2. The SMILES string of the molecule is C=CCn1c2ccccc2n2nc(C)c(C(=O)C=Cc3ccc(C)s3)c12. The summed E-state index contributed by atoms with van der Waals surface area (Å²) in [5.41, 5.74) is 4.24. The summed E-state index contributed by atoms with van der Waals surface area (Å²) >= 11 is 1.67. The lowest BCUT2D eigenvalue weighted by Gasteiger charge is -2.03. The molecule has 26 heavy (non-hydrogen) atoms. The van der Waals surface area contributed by atoms with Crippen LogP contribution in [-0.4, -0.2) is 20.0 Å². The van der Waals surface area contributed by atoms with Gasteiger partial charge in [-0.15, -0.1) is 17.9 Å². The maximum absolute atomic E-state index is 13.0. The Morgan fingerprint density at radius 2 is 1.96 bits per heavy atom. The molecule has 3 aromatic heterocycles. The Kier molecular flexibility index (Phi) is 4.09. The maximum atomic E-state index is 13.0. The second-order valence-corrected chi connectivity index (χ2v) is 7.55. The molecular weight excluding hydrogens is 342 g/mol. The lowest BCUT2D eigenvalue weighted by molar-refractivity contribution is 0.104. The van der Waals surface area contributed by atoms with Gasteiger partial charge in [0, 0.05) is 16.3 Å². The average molecular weight is 361 g/mol. The first-order valence-corrected chi connectivity index (χ1v) is 9.28. The van der Waals surface area contributed by atoms with E-state index >= 15 is 0 Å². The van der Waals surface area contributed by atoms with E-state index in [-0.39, 0.29) is 5.78 Å². The number of hydrogen-bond donors (Lipinski definition) is 0. The molecule has 0 amide bonds. The van der Waals surface area contributed by atoms with Crippen LogP contribution in [0, 0.1) is 13.8 Å². The molecule has 130 valence electrons. The highest BCUT2D eigenvalue weighted by atomic mass is 32.1. The molecule has 4 rings (SSSR count). The summed E-state index contributed by atoms with van der Waals surface area (Å²) in [4.78, 5) is 15.3. The number of ketones is 1. The van der Waals surface area contributed by atoms with Gasteiger partial charge in [-0.25, -0.2) is 4.52 Å². The van der Waals surface area contributed by atoms with Crippen LogP contribution in [0.1, 0.15) is 25.8 Å². The second-order valence-electron chi connectivity index (χ2n) is 6.23. The first-order valence-electron chi connectivity index (χ1n) is 8.46. The zero-order valence-corrected chi connectivity index (χ0v) is 15.6. The molecule has 4 aromatic rings. The van der Waals surface area contributed by atoms with Crippen molar-refractivity contribution < 1.29 is 4.79 Å². The van der Waals surface area contributed by atoms with E-state index in [0.717, 1.165) is 27.3 Å². The predicted octanol–water partition coefficient (Wildman–Crippen LogP) is 5.05. The third kappa shape index (κ3) is 2.61. The lowest BCUT2D eigenvalue weighted by atomic mass is 10.1. The molecular formula is C21H19N3OS. The van der Waals surface area contributed by atoms with Gasteiger partial charge in [0.15, 0.2) is 5.78 Å². The van der Waals surface area contributed by atoms with Crippen LogP contribution in [0.5, 0.6) is 0 Å². The van der Waals surface area contributed by atoms with Crippen LogP contribution < -0.4 is 0 Å². The van der Waals surface area contributed by atoms with Gasteiger partial charge in [0.1, 0.15) is 5.65 Å². The Morgan fingerprint density at radius 1 is 1.19 bits per heavy atom. The number of carbonyl (C=O) groups is 1. The number of aryl methyl sites for hydroxylation is 2. The van der Waals surface area contributed by atoms with E-state index in [2.05, 4.69) is 29.2 Å². The summed E-state index contributed by atoms with van der Waals surface area (Å²) in [6, 6.07) is 12.1. The molecule has 1 aromatic carbocycles. The van der Waals surface area contributed by atoms with Crippen LogP contribution in [0.25, 0.3) is 22.8 Å². The highest BCUT2D eigenvalue weighted by Gasteiger charge is 2.21. The summed E-state index contributed by atoms with van der Waals surface area (Å²) in [6.45, 7) is 8.43. The summed E-state index contributed by atoms with van der Waals surface area (Å²) in [7, 11) is 0. The van der Waals surface area contributed by atoms with Gasteiger partial charge in [-0.1, -0.05) is 18.2 Å². The summed E-state index contributed by atoms with van der Waals surface area (Å²) in [5.74, 6) is -0.0309. The van der Waals surface area contributed by atoms with Crippen molar-refractivity contribution in [2.45, 2.75) is 20.4 Å². The van der Waals surface area contributed by atoms with Crippen LogP contribution in [0.2, 0.25) is 0 Å². The Labute approximate surface area is 155 Å². The summed E-state index contributed by atoms with van der Waals surface area (Å²) in [5, 5.41) is 4.63. The van der Waals surface area contributed by atoms with Crippen molar-refractivity contribution in [1.29, 1.82) is 0 Å².